The minimum Gasteiger partial charge on any atom is -0.449 e. The van der Waals surface area contributed by atoms with Crippen LogP contribution in [0.3, 0.4) is 0 Å². The molecule has 0 aliphatic heterocycles. The summed E-state index contributed by atoms with van der Waals surface area (Å²) in [6.07, 6.45) is 0.0590. The van der Waals surface area contributed by atoms with Crippen molar-refractivity contribution in [3.05, 3.63) is 18.1 Å². The molecule has 1 aromatic rings. The van der Waals surface area contributed by atoms with E-state index in [0.717, 1.165) is 0 Å². The van der Waals surface area contributed by atoms with Crippen molar-refractivity contribution in [1.82, 2.24) is 9.97 Å². The molecule has 0 saturated carbocycles. The molecule has 1 N–H and O–H groups in total. The molecule has 0 spiro atoms. The molecule has 0 aliphatic carbocycles. The molecule has 0 aromatic carbocycles. The van der Waals surface area contributed by atoms with Crippen LogP contribution in [0.2, 0.25) is 0 Å². The van der Waals surface area contributed by atoms with Crippen LogP contribution < -0.4 is 4.74 Å². The van der Waals surface area contributed by atoms with Crippen molar-refractivity contribution in [2.24, 2.45) is 0 Å². The lowest BCUT2D eigenvalue weighted by Crippen LogP contribution is -2.05. The summed E-state index contributed by atoms with van der Waals surface area (Å²) in [5.74, 6) is 0.522. The van der Waals surface area contributed by atoms with Crippen LogP contribution in [-0.2, 0) is 0 Å². The number of hydrogen-bond donors (Lipinski definition) is 1. The fourth-order valence-electron chi connectivity index (χ4n) is 0.581. The second kappa shape index (κ2) is 2.96. The van der Waals surface area contributed by atoms with Crippen LogP contribution in [0.25, 0.3) is 0 Å². The Morgan fingerprint density at radius 1 is 1.73 bits per heavy atom. The molecule has 0 atom stereocenters. The lowest BCUT2D eigenvalue weighted by Gasteiger charge is -1.96. The topological polar surface area (TPSA) is 72.3 Å². The quantitative estimate of drug-likeness (QED) is 0.607. The Kier molecular flexibility index (Phi) is 2.00. The number of ether oxygens (including phenoxy) is 1. The van der Waals surface area contributed by atoms with Crippen molar-refractivity contribution in [2.75, 3.05) is 0 Å². The van der Waals surface area contributed by atoms with Crippen molar-refractivity contribution < 1.29 is 14.6 Å². The molecule has 0 unspecified atom stereocenters. The fraction of sp³-hybridized carbons (Fsp3) is 0.167. The maximum atomic E-state index is 10.00. The Morgan fingerprint density at radius 2 is 2.45 bits per heavy atom. The third kappa shape index (κ3) is 2.21. The maximum Gasteiger partial charge on any atom is 0.512 e. The van der Waals surface area contributed by atoms with Crippen LogP contribution in [0.15, 0.2) is 12.3 Å². The van der Waals surface area contributed by atoms with Gasteiger partial charge in [0.2, 0.25) is 5.88 Å². The average molecular weight is 154 g/mol. The van der Waals surface area contributed by atoms with E-state index < -0.39 is 6.16 Å². The van der Waals surface area contributed by atoms with Gasteiger partial charge in [0.25, 0.3) is 0 Å². The number of carbonyl (C=O) groups is 1. The lowest BCUT2D eigenvalue weighted by atomic mass is 10.6. The van der Waals surface area contributed by atoms with Gasteiger partial charge in [0.05, 0.1) is 0 Å². The Bertz CT molecular complexity index is 274. The normalized spacial score (nSPS) is 9.18. The molecule has 0 amide bonds. The smallest absolute Gasteiger partial charge is 0.449 e. The Hall–Kier alpha value is -1.65. The second-order valence-electron chi connectivity index (χ2n) is 1.81. The highest BCUT2D eigenvalue weighted by Gasteiger charge is 2.00. The van der Waals surface area contributed by atoms with E-state index in [-0.39, 0.29) is 5.88 Å². The first-order valence-electron chi connectivity index (χ1n) is 2.89. The molecular weight excluding hydrogens is 148 g/mol. The summed E-state index contributed by atoms with van der Waals surface area (Å²) in [6, 6.07) is 1.38. The van der Waals surface area contributed by atoms with Crippen molar-refractivity contribution in [2.45, 2.75) is 6.92 Å². The zero-order chi connectivity index (χ0) is 8.27. The van der Waals surface area contributed by atoms with Crippen LogP contribution >= 0.6 is 0 Å². The van der Waals surface area contributed by atoms with Gasteiger partial charge in [-0.3, -0.25) is 0 Å². The summed E-state index contributed by atoms with van der Waals surface area (Å²) < 4.78 is 4.26. The molecule has 58 valence electrons. The zero-order valence-electron chi connectivity index (χ0n) is 5.81. The highest BCUT2D eigenvalue weighted by atomic mass is 16.7. The predicted molar refractivity (Wildman–Crippen MR) is 35.4 cm³/mol. The number of hydrogen-bond acceptors (Lipinski definition) is 4. The van der Waals surface area contributed by atoms with Gasteiger partial charge in [0, 0.05) is 12.3 Å². The van der Waals surface area contributed by atoms with E-state index in [1.165, 1.54) is 12.3 Å². The molecule has 1 aromatic heterocycles. The van der Waals surface area contributed by atoms with E-state index in [4.69, 9.17) is 5.11 Å². The van der Waals surface area contributed by atoms with Gasteiger partial charge >= 0.3 is 6.16 Å². The number of carboxylic acid groups (broad SMARTS) is 1. The first-order valence-corrected chi connectivity index (χ1v) is 2.89. The Morgan fingerprint density at radius 3 is 3.00 bits per heavy atom. The van der Waals surface area contributed by atoms with Gasteiger partial charge in [0.15, 0.2) is 0 Å². The minimum absolute atomic E-state index is 0.0463. The van der Waals surface area contributed by atoms with Gasteiger partial charge in [-0.15, -0.1) is 0 Å². The number of aromatic nitrogens is 2. The average Bonchev–Trinajstić information content (AvgIpc) is 1.85. The fourth-order valence-corrected chi connectivity index (χ4v) is 0.581. The standard InChI is InChI=1S/C6H6N2O3/c1-4-7-3-2-5(8-4)11-6(9)10/h2-3H,1H3,(H,9,10). The van der Waals surface area contributed by atoms with E-state index in [9.17, 15) is 4.79 Å². The lowest BCUT2D eigenvalue weighted by molar-refractivity contribution is 0.142. The first kappa shape index (κ1) is 7.46. The molecule has 0 saturated heterocycles. The summed E-state index contributed by atoms with van der Waals surface area (Å²) in [5.41, 5.74) is 0. The summed E-state index contributed by atoms with van der Waals surface area (Å²) in [6.45, 7) is 1.65. The predicted octanol–water partition coefficient (Wildman–Crippen LogP) is 0.842. The van der Waals surface area contributed by atoms with Crippen LogP contribution in [0.1, 0.15) is 5.82 Å². The first-order chi connectivity index (χ1) is 5.18. The van der Waals surface area contributed by atoms with E-state index in [2.05, 4.69) is 14.7 Å². The monoisotopic (exact) mass is 154 g/mol. The van der Waals surface area contributed by atoms with Crippen molar-refractivity contribution in [3.8, 4) is 5.88 Å². The third-order valence-electron chi connectivity index (χ3n) is 0.942. The summed E-state index contributed by atoms with van der Waals surface area (Å²) in [7, 11) is 0. The maximum absolute atomic E-state index is 10.00. The van der Waals surface area contributed by atoms with Crippen LogP contribution in [0, 0.1) is 6.92 Å². The largest absolute Gasteiger partial charge is 0.512 e. The Labute approximate surface area is 62.7 Å². The molecule has 11 heavy (non-hydrogen) atoms. The second-order valence-corrected chi connectivity index (χ2v) is 1.81. The van der Waals surface area contributed by atoms with E-state index in [1.807, 2.05) is 0 Å². The van der Waals surface area contributed by atoms with Crippen molar-refractivity contribution in [3.63, 3.8) is 0 Å². The summed E-state index contributed by atoms with van der Waals surface area (Å²) in [5, 5.41) is 8.18. The molecule has 0 fully saturated rings. The van der Waals surface area contributed by atoms with Gasteiger partial charge in [0.1, 0.15) is 5.82 Å². The van der Waals surface area contributed by atoms with Gasteiger partial charge in [-0.2, -0.15) is 4.98 Å². The van der Waals surface area contributed by atoms with Crippen LogP contribution in [0.5, 0.6) is 5.88 Å². The van der Waals surface area contributed by atoms with E-state index >= 15 is 0 Å². The van der Waals surface area contributed by atoms with E-state index in [0.29, 0.717) is 5.82 Å². The SMILES string of the molecule is Cc1nccc(OC(=O)O)n1. The third-order valence-corrected chi connectivity index (χ3v) is 0.942. The molecule has 5 heteroatoms. The van der Waals surface area contributed by atoms with Gasteiger partial charge in [-0.05, 0) is 6.92 Å². The molecule has 1 heterocycles. The van der Waals surface area contributed by atoms with Crippen molar-refractivity contribution >= 4 is 6.16 Å². The Balaban J connectivity index is 2.79. The molecule has 0 aliphatic rings. The summed E-state index contributed by atoms with van der Waals surface area (Å²) >= 11 is 0. The molecule has 0 bridgehead atoms. The highest BCUT2D eigenvalue weighted by Crippen LogP contribution is 2.03. The number of rotatable bonds is 1. The van der Waals surface area contributed by atoms with Crippen LogP contribution in [0.4, 0.5) is 4.79 Å². The number of nitrogens with zero attached hydrogens (tertiary/aromatic N) is 2. The van der Waals surface area contributed by atoms with Crippen LogP contribution in [-0.4, -0.2) is 21.2 Å². The van der Waals surface area contributed by atoms with Crippen molar-refractivity contribution in [1.29, 1.82) is 0 Å². The number of aryl methyl sites for hydroxylation is 1. The van der Waals surface area contributed by atoms with E-state index in [1.54, 1.807) is 6.92 Å². The van der Waals surface area contributed by atoms with Gasteiger partial charge in [-0.25, -0.2) is 9.78 Å². The zero-order valence-corrected chi connectivity index (χ0v) is 5.81. The van der Waals surface area contributed by atoms with Gasteiger partial charge < -0.3 is 9.84 Å². The molecular formula is C6H6N2O3. The molecule has 1 rings (SSSR count). The highest BCUT2D eigenvalue weighted by molar-refractivity contribution is 5.60. The minimum atomic E-state index is -1.37. The summed E-state index contributed by atoms with van der Waals surface area (Å²) in [4.78, 5) is 17.5. The van der Waals surface area contributed by atoms with Gasteiger partial charge in [-0.1, -0.05) is 0 Å². The molecule has 0 radical (unpaired) electrons. The molecule has 5 nitrogen and oxygen atoms in total.